The number of sulfonamides is 1. The molecule has 0 radical (unpaired) electrons. The number of rotatable bonds is 5. The Bertz CT molecular complexity index is 1100. The molecule has 2 aliphatic rings. The van der Waals surface area contributed by atoms with E-state index < -0.39 is 16.1 Å². The van der Waals surface area contributed by atoms with Crippen LogP contribution in [-0.2, 0) is 19.6 Å². The van der Waals surface area contributed by atoms with Gasteiger partial charge in [0.15, 0.2) is 0 Å². The number of anilines is 1. The third kappa shape index (κ3) is 4.50. The van der Waals surface area contributed by atoms with Gasteiger partial charge in [0, 0.05) is 24.3 Å². The molecule has 0 aliphatic carbocycles. The van der Waals surface area contributed by atoms with Gasteiger partial charge < -0.3 is 15.2 Å². The molecule has 4 rings (SSSR count). The number of hydrogen-bond acceptors (Lipinski definition) is 7. The van der Waals surface area contributed by atoms with E-state index in [4.69, 9.17) is 4.74 Å². The Morgan fingerprint density at radius 3 is 2.47 bits per heavy atom. The van der Waals surface area contributed by atoms with E-state index in [0.717, 1.165) is 16.7 Å². The first kappa shape index (κ1) is 22.7. The summed E-state index contributed by atoms with van der Waals surface area (Å²) in [4.78, 5) is 12.9. The predicted octanol–water partition coefficient (Wildman–Crippen LogP) is 1.58. The summed E-state index contributed by atoms with van der Waals surface area (Å²) >= 11 is 0. The maximum atomic E-state index is 12.7. The third-order valence-electron chi connectivity index (χ3n) is 6.06. The van der Waals surface area contributed by atoms with E-state index in [1.54, 1.807) is 12.1 Å². The molecule has 9 nitrogen and oxygen atoms in total. The number of aromatic hydroxyl groups is 1. The molecule has 0 spiro atoms. The predicted molar refractivity (Wildman–Crippen MR) is 120 cm³/mol. The fourth-order valence-corrected chi connectivity index (χ4v) is 5.32. The number of carbonyl (C=O) groups is 1. The van der Waals surface area contributed by atoms with E-state index in [0.29, 0.717) is 38.4 Å². The Labute approximate surface area is 187 Å². The molecule has 4 N–H and O–H groups in total. The van der Waals surface area contributed by atoms with Crippen LogP contribution in [0.5, 0.6) is 5.75 Å². The summed E-state index contributed by atoms with van der Waals surface area (Å²) in [6.07, 6.45) is 0.464. The van der Waals surface area contributed by atoms with Crippen LogP contribution >= 0.6 is 0 Å². The smallest absolute Gasteiger partial charge is 0.243 e. The molecule has 0 saturated carbocycles. The summed E-state index contributed by atoms with van der Waals surface area (Å²) in [6.45, 7) is 5.24. The average molecular weight is 461 g/mol. The SMILES string of the molecule is Cc1ccc(C2CC(C(=O)Nc3ccc(S(=O)(=O)N4CCOCC4)cc3)NN2)c(O)c1C. The van der Waals surface area contributed by atoms with Gasteiger partial charge in [0.1, 0.15) is 11.8 Å². The highest BCUT2D eigenvalue weighted by Crippen LogP contribution is 2.33. The van der Waals surface area contributed by atoms with Crippen molar-refractivity contribution in [3.63, 3.8) is 0 Å². The van der Waals surface area contributed by atoms with Crippen molar-refractivity contribution in [3.05, 3.63) is 53.1 Å². The number of carbonyl (C=O) groups excluding carboxylic acids is 1. The lowest BCUT2D eigenvalue weighted by Gasteiger charge is -2.26. The number of hydrogen-bond donors (Lipinski definition) is 4. The minimum atomic E-state index is -3.58. The van der Waals surface area contributed by atoms with Crippen molar-refractivity contribution in [1.29, 1.82) is 0 Å². The maximum Gasteiger partial charge on any atom is 0.243 e. The van der Waals surface area contributed by atoms with Gasteiger partial charge >= 0.3 is 0 Å². The van der Waals surface area contributed by atoms with Crippen LogP contribution < -0.4 is 16.2 Å². The second-order valence-electron chi connectivity index (χ2n) is 8.10. The van der Waals surface area contributed by atoms with Gasteiger partial charge in [0.2, 0.25) is 15.9 Å². The Hall–Kier alpha value is -2.50. The Balaban J connectivity index is 1.39. The number of morpholine rings is 1. The molecule has 1 amide bonds. The number of ether oxygens (including phenoxy) is 1. The molecule has 2 aliphatic heterocycles. The van der Waals surface area contributed by atoms with E-state index in [-0.39, 0.29) is 22.6 Å². The lowest BCUT2D eigenvalue weighted by molar-refractivity contribution is -0.117. The van der Waals surface area contributed by atoms with Gasteiger partial charge in [-0.2, -0.15) is 4.31 Å². The number of nitrogens with zero attached hydrogens (tertiary/aromatic N) is 1. The van der Waals surface area contributed by atoms with E-state index in [1.165, 1.54) is 16.4 Å². The van der Waals surface area contributed by atoms with E-state index >= 15 is 0 Å². The first-order valence-electron chi connectivity index (χ1n) is 10.6. The Morgan fingerprint density at radius 1 is 1.09 bits per heavy atom. The molecule has 172 valence electrons. The summed E-state index contributed by atoms with van der Waals surface area (Å²) in [7, 11) is -3.58. The molecule has 32 heavy (non-hydrogen) atoms. The standard InChI is InChI=1S/C22H28N4O5S/c1-14-3-8-18(21(27)15(14)2)19-13-20(25-24-19)22(28)23-16-4-6-17(7-5-16)32(29,30)26-9-11-31-12-10-26/h3-8,19-20,24-25,27H,9-13H2,1-2H3,(H,23,28). The highest BCUT2D eigenvalue weighted by atomic mass is 32.2. The van der Waals surface area contributed by atoms with E-state index in [9.17, 15) is 18.3 Å². The van der Waals surface area contributed by atoms with Crippen LogP contribution in [0.2, 0.25) is 0 Å². The van der Waals surface area contributed by atoms with Crippen LogP contribution in [0.3, 0.4) is 0 Å². The van der Waals surface area contributed by atoms with Crippen LogP contribution in [0, 0.1) is 13.8 Å². The molecule has 2 unspecified atom stereocenters. The van der Waals surface area contributed by atoms with Crippen LogP contribution in [-0.4, -0.2) is 56.1 Å². The van der Waals surface area contributed by atoms with Crippen molar-refractivity contribution in [2.75, 3.05) is 31.6 Å². The zero-order valence-corrected chi connectivity index (χ0v) is 18.9. The number of hydrazine groups is 1. The second-order valence-corrected chi connectivity index (χ2v) is 10.0. The summed E-state index contributed by atoms with van der Waals surface area (Å²) in [6, 6.07) is 9.27. The third-order valence-corrected chi connectivity index (χ3v) is 7.97. The molecule has 2 heterocycles. The number of nitrogens with one attached hydrogen (secondary N) is 3. The molecule has 2 aromatic carbocycles. The Kier molecular flexibility index (Phi) is 6.50. The fraction of sp³-hybridized carbons (Fsp3) is 0.409. The highest BCUT2D eigenvalue weighted by molar-refractivity contribution is 7.89. The van der Waals surface area contributed by atoms with Crippen molar-refractivity contribution in [2.24, 2.45) is 0 Å². The van der Waals surface area contributed by atoms with E-state index in [2.05, 4.69) is 16.2 Å². The molecule has 2 fully saturated rings. The van der Waals surface area contributed by atoms with Gasteiger partial charge in [-0.05, 0) is 55.7 Å². The van der Waals surface area contributed by atoms with Crippen LogP contribution in [0.25, 0.3) is 0 Å². The van der Waals surface area contributed by atoms with Crippen molar-refractivity contribution in [3.8, 4) is 5.75 Å². The van der Waals surface area contributed by atoms with Gasteiger partial charge in [-0.1, -0.05) is 12.1 Å². The number of aryl methyl sites for hydroxylation is 1. The molecule has 2 atom stereocenters. The topological polar surface area (TPSA) is 120 Å². The van der Waals surface area contributed by atoms with Crippen molar-refractivity contribution in [2.45, 2.75) is 37.2 Å². The van der Waals surface area contributed by atoms with Gasteiger partial charge in [0.05, 0.1) is 24.2 Å². The first-order chi connectivity index (χ1) is 15.3. The number of amides is 1. The van der Waals surface area contributed by atoms with Crippen LogP contribution in [0.4, 0.5) is 5.69 Å². The van der Waals surface area contributed by atoms with E-state index in [1.807, 2.05) is 26.0 Å². The molecule has 0 aromatic heterocycles. The summed E-state index contributed by atoms with van der Waals surface area (Å²) in [5.74, 6) is -0.00506. The number of benzene rings is 2. The minimum absolute atomic E-state index is 0.184. The summed E-state index contributed by atoms with van der Waals surface area (Å²) in [5.41, 5.74) is 9.14. The largest absolute Gasteiger partial charge is 0.507 e. The summed E-state index contributed by atoms with van der Waals surface area (Å²) < 4.78 is 32.1. The number of phenolic OH excluding ortho intramolecular Hbond substituents is 1. The molecule has 10 heteroatoms. The summed E-state index contributed by atoms with van der Waals surface area (Å²) in [5, 5.41) is 13.3. The first-order valence-corrected chi connectivity index (χ1v) is 12.0. The van der Waals surface area contributed by atoms with Crippen LogP contribution in [0.15, 0.2) is 41.3 Å². The fourth-order valence-electron chi connectivity index (χ4n) is 3.91. The monoisotopic (exact) mass is 460 g/mol. The molecule has 0 bridgehead atoms. The Morgan fingerprint density at radius 2 is 1.78 bits per heavy atom. The maximum absolute atomic E-state index is 12.7. The number of phenols is 1. The highest BCUT2D eigenvalue weighted by Gasteiger charge is 2.32. The normalized spacial score (nSPS) is 22.1. The molecule has 2 saturated heterocycles. The second kappa shape index (κ2) is 9.16. The molecule has 2 aromatic rings. The van der Waals surface area contributed by atoms with Crippen molar-refractivity contribution >= 4 is 21.6 Å². The van der Waals surface area contributed by atoms with Gasteiger partial charge in [-0.3, -0.25) is 4.79 Å². The van der Waals surface area contributed by atoms with Crippen molar-refractivity contribution < 1.29 is 23.1 Å². The van der Waals surface area contributed by atoms with Crippen LogP contribution in [0.1, 0.15) is 29.2 Å². The lowest BCUT2D eigenvalue weighted by Crippen LogP contribution is -2.40. The molecular weight excluding hydrogens is 432 g/mol. The lowest BCUT2D eigenvalue weighted by atomic mass is 9.96. The van der Waals surface area contributed by atoms with Gasteiger partial charge in [-0.25, -0.2) is 19.3 Å². The minimum Gasteiger partial charge on any atom is -0.507 e. The average Bonchev–Trinajstić information content (AvgIpc) is 3.29. The van der Waals surface area contributed by atoms with Gasteiger partial charge in [-0.15, -0.1) is 0 Å². The van der Waals surface area contributed by atoms with Gasteiger partial charge in [0.25, 0.3) is 0 Å². The molecular formula is C22H28N4O5S. The zero-order valence-electron chi connectivity index (χ0n) is 18.1. The van der Waals surface area contributed by atoms with Crippen molar-refractivity contribution in [1.82, 2.24) is 15.2 Å². The zero-order chi connectivity index (χ0) is 22.9. The quantitative estimate of drug-likeness (QED) is 0.535.